The lowest BCUT2D eigenvalue weighted by Gasteiger charge is -2.22. The molecule has 3 aromatic heterocycles. The van der Waals surface area contributed by atoms with Gasteiger partial charge in [-0.2, -0.15) is 5.10 Å². The number of hydrogen-bond donors (Lipinski definition) is 1. The highest BCUT2D eigenvalue weighted by Crippen LogP contribution is 2.21. The Morgan fingerprint density at radius 1 is 1.30 bits per heavy atom. The van der Waals surface area contributed by atoms with E-state index < -0.39 is 0 Å². The Bertz CT molecular complexity index is 962. The molecule has 1 amide bonds. The molecule has 3 aromatic rings. The molecule has 0 aliphatic carbocycles. The standard InChI is InChI=1S/C18H21N5O3S/c1-11(2)15(19-17(24)9-14-12(3)21-26-22-14)10-23-18(25)7-6-13(20-23)16-5-4-8-27-16/h4-8,11,15H,9-10H2,1-3H3,(H,19,24)/t15-/m0/s1. The molecule has 142 valence electrons. The topological polar surface area (TPSA) is 103 Å². The van der Waals surface area contributed by atoms with Crippen molar-refractivity contribution >= 4 is 17.2 Å². The summed E-state index contributed by atoms with van der Waals surface area (Å²) in [6.07, 6.45) is 0.0795. The molecule has 9 heteroatoms. The lowest BCUT2D eigenvalue weighted by atomic mass is 10.0. The monoisotopic (exact) mass is 387 g/mol. The number of aryl methyl sites for hydroxylation is 1. The minimum Gasteiger partial charge on any atom is -0.351 e. The van der Waals surface area contributed by atoms with Crippen LogP contribution < -0.4 is 10.9 Å². The van der Waals surface area contributed by atoms with Crippen LogP contribution in [0.4, 0.5) is 0 Å². The largest absolute Gasteiger partial charge is 0.351 e. The van der Waals surface area contributed by atoms with Crippen molar-refractivity contribution in [2.24, 2.45) is 5.92 Å². The zero-order chi connectivity index (χ0) is 19.4. The van der Waals surface area contributed by atoms with Gasteiger partial charge in [0.05, 0.1) is 23.9 Å². The van der Waals surface area contributed by atoms with Crippen LogP contribution in [0, 0.1) is 12.8 Å². The molecule has 0 fully saturated rings. The molecule has 0 saturated heterocycles. The van der Waals surface area contributed by atoms with Gasteiger partial charge in [-0.05, 0) is 30.4 Å². The Balaban J connectivity index is 1.74. The van der Waals surface area contributed by atoms with Crippen molar-refractivity contribution < 1.29 is 9.42 Å². The number of thiophene rings is 1. The minimum atomic E-state index is -0.249. The van der Waals surface area contributed by atoms with Crippen LogP contribution in [0.5, 0.6) is 0 Å². The number of amides is 1. The second-order valence-corrected chi connectivity index (χ2v) is 7.56. The number of carbonyl (C=O) groups is 1. The summed E-state index contributed by atoms with van der Waals surface area (Å²) in [5, 5.41) is 16.8. The predicted octanol–water partition coefficient (Wildman–Crippen LogP) is 2.05. The number of carbonyl (C=O) groups excluding carboxylic acids is 1. The zero-order valence-corrected chi connectivity index (χ0v) is 16.2. The van der Waals surface area contributed by atoms with E-state index in [-0.39, 0.29) is 36.4 Å². The minimum absolute atomic E-state index is 0.0795. The van der Waals surface area contributed by atoms with Crippen molar-refractivity contribution in [3.8, 4) is 10.6 Å². The molecular weight excluding hydrogens is 366 g/mol. The average Bonchev–Trinajstić information content (AvgIpc) is 3.28. The van der Waals surface area contributed by atoms with Gasteiger partial charge < -0.3 is 5.32 Å². The van der Waals surface area contributed by atoms with E-state index in [9.17, 15) is 9.59 Å². The van der Waals surface area contributed by atoms with Gasteiger partial charge in [-0.15, -0.1) is 11.3 Å². The van der Waals surface area contributed by atoms with E-state index in [1.807, 2.05) is 31.4 Å². The van der Waals surface area contributed by atoms with Crippen molar-refractivity contribution in [2.75, 3.05) is 0 Å². The average molecular weight is 387 g/mol. The van der Waals surface area contributed by atoms with Crippen LogP contribution in [-0.4, -0.2) is 32.0 Å². The molecule has 0 aliphatic rings. The molecule has 27 heavy (non-hydrogen) atoms. The molecule has 0 spiro atoms. The Morgan fingerprint density at radius 2 is 2.11 bits per heavy atom. The highest BCUT2D eigenvalue weighted by Gasteiger charge is 2.20. The number of nitrogens with one attached hydrogen (secondary N) is 1. The molecule has 1 N–H and O–H groups in total. The Hall–Kier alpha value is -2.81. The van der Waals surface area contributed by atoms with Gasteiger partial charge in [-0.3, -0.25) is 9.59 Å². The van der Waals surface area contributed by atoms with Crippen molar-refractivity contribution in [3.63, 3.8) is 0 Å². The molecule has 8 nitrogen and oxygen atoms in total. The number of aromatic nitrogens is 4. The van der Waals surface area contributed by atoms with E-state index in [0.717, 1.165) is 10.6 Å². The summed E-state index contributed by atoms with van der Waals surface area (Å²) in [5.41, 5.74) is 1.63. The first-order valence-corrected chi connectivity index (χ1v) is 9.51. The Morgan fingerprint density at radius 3 is 2.74 bits per heavy atom. The predicted molar refractivity (Wildman–Crippen MR) is 101 cm³/mol. The van der Waals surface area contributed by atoms with Gasteiger partial charge in [-0.25, -0.2) is 9.31 Å². The number of hydrogen-bond acceptors (Lipinski definition) is 7. The van der Waals surface area contributed by atoms with Crippen LogP contribution in [0.25, 0.3) is 10.6 Å². The van der Waals surface area contributed by atoms with E-state index >= 15 is 0 Å². The summed E-state index contributed by atoms with van der Waals surface area (Å²) < 4.78 is 6.03. The lowest BCUT2D eigenvalue weighted by molar-refractivity contribution is -0.121. The summed E-state index contributed by atoms with van der Waals surface area (Å²) in [7, 11) is 0. The number of rotatable bonds is 7. The van der Waals surface area contributed by atoms with Gasteiger partial charge in [0.15, 0.2) is 0 Å². The van der Waals surface area contributed by atoms with Crippen molar-refractivity contribution in [3.05, 3.63) is 51.4 Å². The summed E-state index contributed by atoms with van der Waals surface area (Å²) in [4.78, 5) is 25.6. The highest BCUT2D eigenvalue weighted by atomic mass is 32.1. The van der Waals surface area contributed by atoms with Crippen molar-refractivity contribution in [1.29, 1.82) is 0 Å². The van der Waals surface area contributed by atoms with Crippen LogP contribution in [0.2, 0.25) is 0 Å². The first kappa shape index (κ1) is 19.0. The lowest BCUT2D eigenvalue weighted by Crippen LogP contribution is -2.44. The van der Waals surface area contributed by atoms with Gasteiger partial charge in [0, 0.05) is 6.07 Å². The number of nitrogens with zero attached hydrogens (tertiary/aromatic N) is 4. The maximum absolute atomic E-state index is 12.4. The van der Waals surface area contributed by atoms with Crippen molar-refractivity contribution in [1.82, 2.24) is 25.4 Å². The van der Waals surface area contributed by atoms with Crippen LogP contribution >= 0.6 is 11.3 Å². The fourth-order valence-electron chi connectivity index (χ4n) is 2.56. The quantitative estimate of drug-likeness (QED) is 0.665. The van der Waals surface area contributed by atoms with Crippen molar-refractivity contribution in [2.45, 2.75) is 39.8 Å². The van der Waals surface area contributed by atoms with Gasteiger partial charge in [0.25, 0.3) is 5.56 Å². The Kier molecular flexibility index (Phi) is 5.80. The maximum Gasteiger partial charge on any atom is 0.266 e. The van der Waals surface area contributed by atoms with Crippen LogP contribution in [0.15, 0.2) is 39.1 Å². The molecule has 1 atom stereocenters. The van der Waals surface area contributed by atoms with E-state index in [4.69, 9.17) is 0 Å². The molecule has 0 bridgehead atoms. The third kappa shape index (κ3) is 4.68. The molecule has 0 unspecified atom stereocenters. The molecule has 0 saturated carbocycles. The van der Waals surface area contributed by atoms with E-state index in [1.165, 1.54) is 10.7 Å². The van der Waals surface area contributed by atoms with Crippen LogP contribution in [0.1, 0.15) is 25.2 Å². The summed E-state index contributed by atoms with van der Waals surface area (Å²) in [5.74, 6) is -0.0838. The Labute approximate surface area is 160 Å². The fourth-order valence-corrected chi connectivity index (χ4v) is 3.26. The van der Waals surface area contributed by atoms with Gasteiger partial charge >= 0.3 is 0 Å². The zero-order valence-electron chi connectivity index (χ0n) is 15.4. The highest BCUT2D eigenvalue weighted by molar-refractivity contribution is 7.13. The van der Waals surface area contributed by atoms with Gasteiger partial charge in [0.2, 0.25) is 5.91 Å². The second kappa shape index (κ2) is 8.26. The summed E-state index contributed by atoms with van der Waals surface area (Å²) in [6, 6.07) is 6.87. The smallest absolute Gasteiger partial charge is 0.266 e. The normalized spacial score (nSPS) is 12.3. The maximum atomic E-state index is 12.4. The molecule has 0 aromatic carbocycles. The van der Waals surface area contributed by atoms with Gasteiger partial charge in [0.1, 0.15) is 17.1 Å². The molecule has 0 aliphatic heterocycles. The van der Waals surface area contributed by atoms with E-state index in [0.29, 0.717) is 11.4 Å². The van der Waals surface area contributed by atoms with E-state index in [2.05, 4.69) is 25.4 Å². The summed E-state index contributed by atoms with van der Waals surface area (Å²) in [6.45, 7) is 6.00. The molecule has 3 rings (SSSR count). The first-order chi connectivity index (χ1) is 12.9. The third-order valence-electron chi connectivity index (χ3n) is 4.24. The van der Waals surface area contributed by atoms with Crippen LogP contribution in [0.3, 0.4) is 0 Å². The second-order valence-electron chi connectivity index (χ2n) is 6.61. The van der Waals surface area contributed by atoms with Gasteiger partial charge in [-0.1, -0.05) is 30.2 Å². The SMILES string of the molecule is Cc1nonc1CC(=O)N[C@@H](Cn1nc(-c2cccs2)ccc1=O)C(C)C. The first-order valence-electron chi connectivity index (χ1n) is 8.63. The third-order valence-corrected chi connectivity index (χ3v) is 5.13. The summed E-state index contributed by atoms with van der Waals surface area (Å²) >= 11 is 1.56. The fraction of sp³-hybridized carbons (Fsp3) is 0.389. The molecule has 3 heterocycles. The van der Waals surface area contributed by atoms with Crippen LogP contribution in [-0.2, 0) is 17.8 Å². The molecular formula is C18H21N5O3S. The van der Waals surface area contributed by atoms with E-state index in [1.54, 1.807) is 24.3 Å². The molecule has 0 radical (unpaired) electrons.